The fraction of sp³-hybridized carbons (Fsp3) is 0.273. The van der Waals surface area contributed by atoms with Gasteiger partial charge < -0.3 is 0 Å². The second kappa shape index (κ2) is 8.57. The van der Waals surface area contributed by atoms with Crippen LogP contribution in [0.1, 0.15) is 33.4 Å². The van der Waals surface area contributed by atoms with Crippen LogP contribution in [0.5, 0.6) is 0 Å². The molecule has 0 spiro atoms. The van der Waals surface area contributed by atoms with E-state index in [1.165, 1.54) is 29.5 Å². The number of benzene rings is 1. The van der Waals surface area contributed by atoms with E-state index in [1.54, 1.807) is 17.5 Å². The summed E-state index contributed by atoms with van der Waals surface area (Å²) in [4.78, 5) is 53.2. The first-order chi connectivity index (χ1) is 14.8. The van der Waals surface area contributed by atoms with Gasteiger partial charge in [-0.15, -0.1) is 11.3 Å². The monoisotopic (exact) mass is 476 g/mol. The number of thiophene rings is 1. The average molecular weight is 477 g/mol. The van der Waals surface area contributed by atoms with Crippen LogP contribution in [0.4, 0.5) is 0 Å². The Balaban J connectivity index is 1.73. The average Bonchev–Trinajstić information content (AvgIpc) is 3.34. The van der Waals surface area contributed by atoms with E-state index in [1.807, 2.05) is 19.1 Å². The fourth-order valence-corrected chi connectivity index (χ4v) is 5.20. The molecule has 3 amide bonds. The SMILES string of the molecule is C[C@@H]1C=CC[C@@H]2C(=O)N(N(CC(=O)c3cccs3)C(=O)c3ccc(Cl)cc3Cl)C(=O)[C@H]12. The first-order valence-corrected chi connectivity index (χ1v) is 11.3. The highest BCUT2D eigenvalue weighted by atomic mass is 35.5. The van der Waals surface area contributed by atoms with Crippen LogP contribution in [-0.2, 0) is 9.59 Å². The number of hydrogen-bond donors (Lipinski definition) is 0. The standard InChI is InChI=1S/C22H18Cl2N2O4S/c1-12-4-2-5-15-19(12)22(30)26(21(15)29)25(11-17(27)18-6-3-9-31-18)20(28)14-8-7-13(23)10-16(14)24/h2-4,6-10,12,15,19H,5,11H2,1H3/t12-,15+,19-/m1/s1. The van der Waals surface area contributed by atoms with E-state index in [0.717, 1.165) is 10.0 Å². The van der Waals surface area contributed by atoms with Gasteiger partial charge in [0.05, 0.1) is 27.3 Å². The van der Waals surface area contributed by atoms with Crippen molar-refractivity contribution in [1.29, 1.82) is 0 Å². The number of allylic oxidation sites excluding steroid dienone is 2. The molecule has 0 saturated carbocycles. The fourth-order valence-electron chi connectivity index (χ4n) is 4.06. The summed E-state index contributed by atoms with van der Waals surface area (Å²) in [6.07, 6.45) is 4.19. The summed E-state index contributed by atoms with van der Waals surface area (Å²) in [6.45, 7) is 1.40. The molecule has 4 rings (SSSR count). The zero-order valence-corrected chi connectivity index (χ0v) is 18.8. The Morgan fingerprint density at radius 2 is 1.97 bits per heavy atom. The summed E-state index contributed by atoms with van der Waals surface area (Å²) in [5, 5.41) is 3.91. The van der Waals surface area contributed by atoms with Gasteiger partial charge in [0, 0.05) is 5.02 Å². The van der Waals surface area contributed by atoms with Gasteiger partial charge in [0.1, 0.15) is 6.54 Å². The molecule has 1 fully saturated rings. The van der Waals surface area contributed by atoms with Crippen molar-refractivity contribution in [2.24, 2.45) is 17.8 Å². The molecular formula is C22H18Cl2N2O4S. The van der Waals surface area contributed by atoms with Gasteiger partial charge in [0.2, 0.25) is 0 Å². The molecule has 31 heavy (non-hydrogen) atoms. The van der Waals surface area contributed by atoms with E-state index in [2.05, 4.69) is 0 Å². The van der Waals surface area contributed by atoms with Crippen molar-refractivity contribution in [1.82, 2.24) is 10.0 Å². The quantitative estimate of drug-likeness (QED) is 0.361. The molecule has 0 N–H and O–H groups in total. The Morgan fingerprint density at radius 3 is 2.61 bits per heavy atom. The number of carbonyl (C=O) groups is 4. The minimum absolute atomic E-state index is 0.0479. The molecule has 2 aromatic rings. The summed E-state index contributed by atoms with van der Waals surface area (Å²) in [7, 11) is 0. The van der Waals surface area contributed by atoms with Crippen molar-refractivity contribution in [2.45, 2.75) is 13.3 Å². The van der Waals surface area contributed by atoms with E-state index < -0.39 is 36.1 Å². The van der Waals surface area contributed by atoms with Gasteiger partial charge in [-0.3, -0.25) is 19.2 Å². The van der Waals surface area contributed by atoms with Gasteiger partial charge in [-0.05, 0) is 42.0 Å². The Bertz CT molecular complexity index is 1100. The number of fused-ring (bicyclic) bond motifs is 1. The Morgan fingerprint density at radius 1 is 1.19 bits per heavy atom. The van der Waals surface area contributed by atoms with Crippen molar-refractivity contribution < 1.29 is 19.2 Å². The van der Waals surface area contributed by atoms with Crippen molar-refractivity contribution in [2.75, 3.05) is 6.54 Å². The van der Waals surface area contributed by atoms with Crippen LogP contribution in [0.15, 0.2) is 47.9 Å². The summed E-state index contributed by atoms with van der Waals surface area (Å²) < 4.78 is 0. The molecule has 3 atom stereocenters. The minimum atomic E-state index is -0.715. The van der Waals surface area contributed by atoms with Crippen LogP contribution < -0.4 is 0 Å². The number of Topliss-reactive ketones (excluding diaryl/α,β-unsaturated/α-hetero) is 1. The molecule has 6 nitrogen and oxygen atoms in total. The van der Waals surface area contributed by atoms with Crippen molar-refractivity contribution in [3.8, 4) is 0 Å². The molecule has 0 unspecified atom stereocenters. The van der Waals surface area contributed by atoms with Gasteiger partial charge in [0.15, 0.2) is 5.78 Å². The zero-order valence-electron chi connectivity index (χ0n) is 16.5. The molecule has 2 aliphatic rings. The third kappa shape index (κ3) is 3.93. The van der Waals surface area contributed by atoms with Gasteiger partial charge in [-0.25, -0.2) is 5.01 Å². The molecule has 9 heteroatoms. The van der Waals surface area contributed by atoms with Crippen molar-refractivity contribution in [3.63, 3.8) is 0 Å². The highest BCUT2D eigenvalue weighted by Crippen LogP contribution is 2.39. The summed E-state index contributed by atoms with van der Waals surface area (Å²) in [6, 6.07) is 7.64. The maximum atomic E-state index is 13.4. The van der Waals surface area contributed by atoms with Gasteiger partial charge >= 0.3 is 0 Å². The lowest BCUT2D eigenvalue weighted by Gasteiger charge is -2.30. The Kier molecular flexibility index (Phi) is 6.01. The second-order valence-corrected chi connectivity index (χ2v) is 9.32. The number of halogens is 2. The molecule has 1 aliphatic carbocycles. The molecule has 1 aliphatic heterocycles. The lowest BCUT2D eigenvalue weighted by atomic mass is 9.78. The molecule has 0 radical (unpaired) electrons. The highest BCUT2D eigenvalue weighted by Gasteiger charge is 2.53. The van der Waals surface area contributed by atoms with E-state index in [-0.39, 0.29) is 22.3 Å². The number of amides is 3. The third-order valence-corrected chi connectivity index (χ3v) is 7.03. The predicted molar refractivity (Wildman–Crippen MR) is 118 cm³/mol. The van der Waals surface area contributed by atoms with Crippen LogP contribution in [0.3, 0.4) is 0 Å². The first kappa shape index (κ1) is 21.7. The zero-order chi connectivity index (χ0) is 22.3. The number of carbonyl (C=O) groups excluding carboxylic acids is 4. The largest absolute Gasteiger partial charge is 0.291 e. The number of ketones is 1. The summed E-state index contributed by atoms with van der Waals surface area (Å²) >= 11 is 13.4. The number of rotatable bonds is 5. The smallest absolute Gasteiger partial charge is 0.274 e. The highest BCUT2D eigenvalue weighted by molar-refractivity contribution is 7.12. The Labute approximate surface area is 193 Å². The van der Waals surface area contributed by atoms with Crippen LogP contribution >= 0.6 is 34.5 Å². The van der Waals surface area contributed by atoms with E-state index in [0.29, 0.717) is 16.3 Å². The van der Waals surface area contributed by atoms with Crippen LogP contribution in [-0.4, -0.2) is 40.1 Å². The van der Waals surface area contributed by atoms with Gasteiger partial charge in [0.25, 0.3) is 17.7 Å². The Hall–Kier alpha value is -2.48. The summed E-state index contributed by atoms with van der Waals surface area (Å²) in [5.41, 5.74) is 0.0479. The second-order valence-electron chi connectivity index (χ2n) is 7.53. The molecule has 1 saturated heterocycles. The lowest BCUT2D eigenvalue weighted by molar-refractivity contribution is -0.154. The minimum Gasteiger partial charge on any atom is -0.291 e. The number of imide groups is 1. The van der Waals surface area contributed by atoms with Gasteiger partial charge in [-0.2, -0.15) is 5.01 Å². The molecular weight excluding hydrogens is 459 g/mol. The maximum absolute atomic E-state index is 13.4. The molecule has 1 aromatic heterocycles. The topological polar surface area (TPSA) is 74.8 Å². The predicted octanol–water partition coefficient (Wildman–Crippen LogP) is 4.49. The molecule has 160 valence electrons. The maximum Gasteiger partial charge on any atom is 0.274 e. The van der Waals surface area contributed by atoms with E-state index in [4.69, 9.17) is 23.2 Å². The third-order valence-electron chi connectivity index (χ3n) is 5.58. The van der Waals surface area contributed by atoms with Crippen molar-refractivity contribution >= 4 is 58.0 Å². The van der Waals surface area contributed by atoms with Crippen molar-refractivity contribution in [3.05, 3.63) is 68.3 Å². The summed E-state index contributed by atoms with van der Waals surface area (Å²) in [5.74, 6) is -3.33. The number of nitrogens with zero attached hydrogens (tertiary/aromatic N) is 2. The molecule has 1 aromatic carbocycles. The van der Waals surface area contributed by atoms with E-state index in [9.17, 15) is 19.2 Å². The normalized spacial score (nSPS) is 22.5. The van der Waals surface area contributed by atoms with Crippen LogP contribution in [0.25, 0.3) is 0 Å². The first-order valence-electron chi connectivity index (χ1n) is 9.67. The molecule has 2 heterocycles. The molecule has 0 bridgehead atoms. The van der Waals surface area contributed by atoms with Gasteiger partial charge in [-0.1, -0.05) is 48.3 Å². The van der Waals surface area contributed by atoms with Crippen LogP contribution in [0.2, 0.25) is 10.0 Å². The number of hydrogen-bond acceptors (Lipinski definition) is 5. The van der Waals surface area contributed by atoms with Crippen LogP contribution in [0, 0.1) is 17.8 Å². The lowest BCUT2D eigenvalue weighted by Crippen LogP contribution is -2.52. The number of hydrazine groups is 1. The van der Waals surface area contributed by atoms with E-state index >= 15 is 0 Å².